The van der Waals surface area contributed by atoms with Crippen LogP contribution in [0.15, 0.2) is 27.1 Å². The van der Waals surface area contributed by atoms with Gasteiger partial charge < -0.3 is 10.6 Å². The van der Waals surface area contributed by atoms with Crippen LogP contribution in [0.1, 0.15) is 11.6 Å². The van der Waals surface area contributed by atoms with Gasteiger partial charge in [0.15, 0.2) is 0 Å². The molecular formula is C10H14Br2N2. The number of likely N-dealkylation sites (N-methyl/N-ethyl adjacent to an activating group) is 1. The van der Waals surface area contributed by atoms with Crippen molar-refractivity contribution in [3.05, 3.63) is 32.7 Å². The second kappa shape index (κ2) is 5.26. The predicted octanol–water partition coefficient (Wildman–Crippen LogP) is 2.77. The maximum Gasteiger partial charge on any atom is 0.0465 e. The molecule has 0 saturated heterocycles. The molecule has 0 saturated carbocycles. The molecule has 0 bridgehead atoms. The molecule has 1 aromatic rings. The minimum absolute atomic E-state index is 0.267. The van der Waals surface area contributed by atoms with Crippen molar-refractivity contribution in [1.82, 2.24) is 4.90 Å². The third kappa shape index (κ3) is 3.05. The van der Waals surface area contributed by atoms with Crippen LogP contribution in [0, 0.1) is 0 Å². The molecule has 2 N–H and O–H groups in total. The normalized spacial score (nSPS) is 13.3. The molecule has 0 fully saturated rings. The summed E-state index contributed by atoms with van der Waals surface area (Å²) < 4.78 is 2.14. The smallest absolute Gasteiger partial charge is 0.0465 e. The zero-order chi connectivity index (χ0) is 10.7. The maximum absolute atomic E-state index is 5.73. The molecule has 4 heteroatoms. The van der Waals surface area contributed by atoms with E-state index in [9.17, 15) is 0 Å². The third-order valence-corrected chi connectivity index (χ3v) is 3.03. The van der Waals surface area contributed by atoms with Gasteiger partial charge in [-0.1, -0.05) is 31.9 Å². The number of nitrogens with zero attached hydrogens (tertiary/aromatic N) is 1. The highest BCUT2D eigenvalue weighted by Gasteiger charge is 2.12. The Morgan fingerprint density at radius 2 is 1.71 bits per heavy atom. The van der Waals surface area contributed by atoms with Gasteiger partial charge in [-0.3, -0.25) is 0 Å². The number of hydrogen-bond donors (Lipinski definition) is 1. The van der Waals surface area contributed by atoms with E-state index in [4.69, 9.17) is 5.73 Å². The van der Waals surface area contributed by atoms with E-state index >= 15 is 0 Å². The maximum atomic E-state index is 5.73. The SMILES string of the molecule is CN(C)C(CN)c1cc(Br)cc(Br)c1. The topological polar surface area (TPSA) is 29.3 Å². The van der Waals surface area contributed by atoms with Crippen LogP contribution in [0.25, 0.3) is 0 Å². The van der Waals surface area contributed by atoms with Crippen LogP contribution < -0.4 is 5.73 Å². The van der Waals surface area contributed by atoms with Gasteiger partial charge in [0.05, 0.1) is 0 Å². The van der Waals surface area contributed by atoms with E-state index in [-0.39, 0.29) is 6.04 Å². The largest absolute Gasteiger partial charge is 0.329 e. The van der Waals surface area contributed by atoms with Crippen molar-refractivity contribution in [1.29, 1.82) is 0 Å². The molecule has 1 atom stereocenters. The number of benzene rings is 1. The van der Waals surface area contributed by atoms with Gasteiger partial charge in [-0.15, -0.1) is 0 Å². The first kappa shape index (κ1) is 12.2. The highest BCUT2D eigenvalue weighted by molar-refractivity contribution is 9.11. The first-order chi connectivity index (χ1) is 6.54. The Labute approximate surface area is 102 Å². The molecule has 0 aliphatic rings. The summed E-state index contributed by atoms with van der Waals surface area (Å²) in [6.45, 7) is 0.621. The zero-order valence-corrected chi connectivity index (χ0v) is 11.5. The second-order valence-electron chi connectivity index (χ2n) is 3.42. The fourth-order valence-electron chi connectivity index (χ4n) is 1.41. The van der Waals surface area contributed by atoms with Crippen molar-refractivity contribution in [3.8, 4) is 0 Å². The average Bonchev–Trinajstić information content (AvgIpc) is 2.02. The van der Waals surface area contributed by atoms with Gasteiger partial charge in [-0.05, 0) is 37.9 Å². The lowest BCUT2D eigenvalue weighted by atomic mass is 10.1. The summed E-state index contributed by atoms with van der Waals surface area (Å²) in [5.74, 6) is 0. The van der Waals surface area contributed by atoms with Gasteiger partial charge in [0, 0.05) is 21.5 Å². The summed E-state index contributed by atoms with van der Waals surface area (Å²) in [5, 5.41) is 0. The second-order valence-corrected chi connectivity index (χ2v) is 5.25. The number of halogens is 2. The van der Waals surface area contributed by atoms with Crippen molar-refractivity contribution in [2.75, 3.05) is 20.6 Å². The average molecular weight is 322 g/mol. The summed E-state index contributed by atoms with van der Waals surface area (Å²) >= 11 is 6.94. The van der Waals surface area contributed by atoms with Crippen LogP contribution in [0.3, 0.4) is 0 Å². The minimum Gasteiger partial charge on any atom is -0.329 e. The van der Waals surface area contributed by atoms with Crippen LogP contribution >= 0.6 is 31.9 Å². The summed E-state index contributed by atoms with van der Waals surface area (Å²) in [6, 6.07) is 6.49. The Morgan fingerprint density at radius 1 is 1.21 bits per heavy atom. The van der Waals surface area contributed by atoms with E-state index in [1.54, 1.807) is 0 Å². The molecule has 0 spiro atoms. The Bertz CT molecular complexity index is 293. The molecule has 0 heterocycles. The quantitative estimate of drug-likeness (QED) is 0.927. The van der Waals surface area contributed by atoms with Crippen LogP contribution in [0.5, 0.6) is 0 Å². The molecule has 1 aromatic carbocycles. The molecule has 0 aromatic heterocycles. The van der Waals surface area contributed by atoms with Crippen LogP contribution in [0.4, 0.5) is 0 Å². The molecule has 0 amide bonds. The molecule has 78 valence electrons. The fourth-order valence-corrected chi connectivity index (χ4v) is 2.74. The molecule has 1 unspecified atom stereocenters. The van der Waals surface area contributed by atoms with Crippen molar-refractivity contribution >= 4 is 31.9 Å². The summed E-state index contributed by atoms with van der Waals surface area (Å²) in [7, 11) is 4.07. The minimum atomic E-state index is 0.267. The van der Waals surface area contributed by atoms with E-state index in [2.05, 4.69) is 48.9 Å². The van der Waals surface area contributed by atoms with E-state index < -0.39 is 0 Å². The third-order valence-electron chi connectivity index (χ3n) is 2.12. The first-order valence-electron chi connectivity index (χ1n) is 4.37. The molecule has 0 aliphatic heterocycles. The first-order valence-corrected chi connectivity index (χ1v) is 5.95. The Balaban J connectivity index is 3.04. The van der Waals surface area contributed by atoms with Crippen molar-refractivity contribution < 1.29 is 0 Å². The summed E-state index contributed by atoms with van der Waals surface area (Å²) in [5.41, 5.74) is 6.95. The zero-order valence-electron chi connectivity index (χ0n) is 8.30. The van der Waals surface area contributed by atoms with Crippen molar-refractivity contribution in [3.63, 3.8) is 0 Å². The molecule has 14 heavy (non-hydrogen) atoms. The predicted molar refractivity (Wildman–Crippen MR) is 67.3 cm³/mol. The molecule has 0 radical (unpaired) electrons. The van der Waals surface area contributed by atoms with Gasteiger partial charge >= 0.3 is 0 Å². The van der Waals surface area contributed by atoms with Crippen LogP contribution in [0.2, 0.25) is 0 Å². The Hall–Kier alpha value is 0.1000. The van der Waals surface area contributed by atoms with Gasteiger partial charge in [-0.25, -0.2) is 0 Å². The number of rotatable bonds is 3. The van der Waals surface area contributed by atoms with Gasteiger partial charge in [0.25, 0.3) is 0 Å². The molecular weight excluding hydrogens is 308 g/mol. The lowest BCUT2D eigenvalue weighted by Gasteiger charge is -2.23. The van der Waals surface area contributed by atoms with Gasteiger partial charge in [0.2, 0.25) is 0 Å². The Kier molecular flexibility index (Phi) is 4.57. The highest BCUT2D eigenvalue weighted by Crippen LogP contribution is 2.25. The van der Waals surface area contributed by atoms with Gasteiger partial charge in [-0.2, -0.15) is 0 Å². The van der Waals surface area contributed by atoms with E-state index in [1.807, 2.05) is 20.2 Å². The van der Waals surface area contributed by atoms with Crippen molar-refractivity contribution in [2.24, 2.45) is 5.73 Å². The molecule has 1 rings (SSSR count). The molecule has 0 aliphatic carbocycles. The van der Waals surface area contributed by atoms with Crippen molar-refractivity contribution in [2.45, 2.75) is 6.04 Å². The fraction of sp³-hybridized carbons (Fsp3) is 0.400. The van der Waals surface area contributed by atoms with Crippen LogP contribution in [-0.4, -0.2) is 25.5 Å². The Morgan fingerprint density at radius 3 is 2.07 bits per heavy atom. The lowest BCUT2D eigenvalue weighted by Crippen LogP contribution is -2.27. The monoisotopic (exact) mass is 320 g/mol. The number of hydrogen-bond acceptors (Lipinski definition) is 2. The highest BCUT2D eigenvalue weighted by atomic mass is 79.9. The number of nitrogens with two attached hydrogens (primary N) is 1. The summed E-state index contributed by atoms with van der Waals surface area (Å²) in [6.07, 6.45) is 0. The van der Waals surface area contributed by atoms with E-state index in [0.29, 0.717) is 6.54 Å². The standard InChI is InChI=1S/C10H14Br2N2/c1-14(2)10(6-13)7-3-8(11)5-9(12)4-7/h3-5,10H,6,13H2,1-2H3. The molecule has 2 nitrogen and oxygen atoms in total. The summed E-state index contributed by atoms with van der Waals surface area (Å²) in [4.78, 5) is 2.12. The van der Waals surface area contributed by atoms with Gasteiger partial charge in [0.1, 0.15) is 0 Å². The van der Waals surface area contributed by atoms with E-state index in [1.165, 1.54) is 5.56 Å². The van der Waals surface area contributed by atoms with E-state index in [0.717, 1.165) is 8.95 Å². The lowest BCUT2D eigenvalue weighted by molar-refractivity contribution is 0.306. The van der Waals surface area contributed by atoms with Crippen LogP contribution in [-0.2, 0) is 0 Å².